The first kappa shape index (κ1) is 16.0. The Bertz CT molecular complexity index is 414. The zero-order valence-electron chi connectivity index (χ0n) is 13.2. The average molecular weight is 293 g/mol. The molecular weight excluding hydrogens is 266 g/mol. The maximum absolute atomic E-state index is 5.52. The van der Waals surface area contributed by atoms with E-state index in [9.17, 15) is 0 Å². The Balaban J connectivity index is 1.98. The van der Waals surface area contributed by atoms with Crippen molar-refractivity contribution >= 4 is 5.82 Å². The van der Waals surface area contributed by atoms with E-state index < -0.39 is 0 Å². The van der Waals surface area contributed by atoms with Crippen LogP contribution in [0.1, 0.15) is 26.2 Å². The van der Waals surface area contributed by atoms with Crippen LogP contribution in [0.4, 0.5) is 5.82 Å². The minimum Gasteiger partial charge on any atom is -0.478 e. The van der Waals surface area contributed by atoms with Crippen molar-refractivity contribution in [3.63, 3.8) is 0 Å². The summed E-state index contributed by atoms with van der Waals surface area (Å²) in [6.07, 6.45) is 3.73. The number of piperidine rings is 1. The summed E-state index contributed by atoms with van der Waals surface area (Å²) in [6.45, 7) is 6.33. The van der Waals surface area contributed by atoms with Gasteiger partial charge in [-0.25, -0.2) is 0 Å². The molecule has 0 radical (unpaired) electrons. The highest BCUT2D eigenvalue weighted by molar-refractivity contribution is 5.42. The summed E-state index contributed by atoms with van der Waals surface area (Å²) in [6, 6.07) is 6.52. The lowest BCUT2D eigenvalue weighted by atomic mass is 10.0. The maximum Gasteiger partial charge on any atom is 0.215 e. The molecule has 1 fully saturated rings. The minimum atomic E-state index is 0.500. The maximum atomic E-state index is 5.52. The van der Waals surface area contributed by atoms with Crippen molar-refractivity contribution in [2.45, 2.75) is 32.2 Å². The van der Waals surface area contributed by atoms with Gasteiger partial charge in [-0.15, -0.1) is 0 Å². The van der Waals surface area contributed by atoms with Crippen LogP contribution in [0.2, 0.25) is 0 Å². The Labute approximate surface area is 127 Å². The predicted octanol–water partition coefficient (Wildman–Crippen LogP) is 2.08. The first-order valence-corrected chi connectivity index (χ1v) is 7.91. The Morgan fingerprint density at radius 1 is 1.38 bits per heavy atom. The normalized spacial score (nSPS) is 18.8. The fourth-order valence-corrected chi connectivity index (χ4v) is 2.75. The van der Waals surface area contributed by atoms with Crippen LogP contribution in [0.3, 0.4) is 0 Å². The van der Waals surface area contributed by atoms with Crippen molar-refractivity contribution in [1.29, 1.82) is 0 Å². The molecule has 118 valence electrons. The topological polar surface area (TPSA) is 46.6 Å². The zero-order valence-corrected chi connectivity index (χ0v) is 13.2. The largest absolute Gasteiger partial charge is 0.478 e. The molecule has 1 unspecified atom stereocenters. The molecule has 0 saturated carbocycles. The second kappa shape index (κ2) is 8.85. The number of hydrogen-bond donors (Lipinski definition) is 1. The van der Waals surface area contributed by atoms with Crippen molar-refractivity contribution in [3.05, 3.63) is 18.2 Å². The van der Waals surface area contributed by atoms with E-state index in [-0.39, 0.29) is 0 Å². The molecule has 0 aromatic carbocycles. The SMILES string of the molecule is CCOc1cccc(N2CCCCC2CNCCOC)n1. The summed E-state index contributed by atoms with van der Waals surface area (Å²) < 4.78 is 10.6. The molecule has 1 aromatic rings. The highest BCUT2D eigenvalue weighted by Crippen LogP contribution is 2.24. The summed E-state index contributed by atoms with van der Waals surface area (Å²) in [4.78, 5) is 7.04. The van der Waals surface area contributed by atoms with Crippen molar-refractivity contribution in [1.82, 2.24) is 10.3 Å². The van der Waals surface area contributed by atoms with Crippen LogP contribution in [0.5, 0.6) is 5.88 Å². The van der Waals surface area contributed by atoms with Gasteiger partial charge in [0.2, 0.25) is 5.88 Å². The lowest BCUT2D eigenvalue weighted by Gasteiger charge is -2.37. The molecule has 21 heavy (non-hydrogen) atoms. The fraction of sp³-hybridized carbons (Fsp3) is 0.688. The van der Waals surface area contributed by atoms with Gasteiger partial charge in [0.05, 0.1) is 13.2 Å². The summed E-state index contributed by atoms with van der Waals surface area (Å²) in [5.74, 6) is 1.74. The van der Waals surface area contributed by atoms with E-state index in [0.717, 1.165) is 32.1 Å². The number of nitrogens with one attached hydrogen (secondary N) is 1. The van der Waals surface area contributed by atoms with Crippen molar-refractivity contribution in [2.24, 2.45) is 0 Å². The van der Waals surface area contributed by atoms with E-state index in [1.165, 1.54) is 19.3 Å². The molecule has 2 heterocycles. The van der Waals surface area contributed by atoms with Crippen LogP contribution in [-0.2, 0) is 4.74 Å². The van der Waals surface area contributed by atoms with Gasteiger partial charge in [-0.05, 0) is 32.3 Å². The molecular formula is C16H27N3O2. The third-order valence-electron chi connectivity index (χ3n) is 3.79. The van der Waals surface area contributed by atoms with Gasteiger partial charge in [-0.2, -0.15) is 4.98 Å². The second-order valence-electron chi connectivity index (χ2n) is 5.31. The molecule has 1 N–H and O–H groups in total. The number of nitrogens with zero attached hydrogens (tertiary/aromatic N) is 2. The molecule has 1 aliphatic rings. The van der Waals surface area contributed by atoms with E-state index >= 15 is 0 Å². The van der Waals surface area contributed by atoms with E-state index in [4.69, 9.17) is 9.47 Å². The minimum absolute atomic E-state index is 0.500. The van der Waals surface area contributed by atoms with Gasteiger partial charge in [0.25, 0.3) is 0 Å². The lowest BCUT2D eigenvalue weighted by molar-refractivity contribution is 0.198. The monoisotopic (exact) mass is 293 g/mol. The van der Waals surface area contributed by atoms with Crippen LogP contribution < -0.4 is 15.0 Å². The standard InChI is InChI=1S/C16H27N3O2/c1-3-21-16-9-6-8-15(18-16)19-11-5-4-7-14(19)13-17-10-12-20-2/h6,8-9,14,17H,3-5,7,10-13H2,1-2H3. The molecule has 0 spiro atoms. The van der Waals surface area contributed by atoms with Gasteiger partial charge in [-0.3, -0.25) is 0 Å². The van der Waals surface area contributed by atoms with Gasteiger partial charge in [0, 0.05) is 38.9 Å². The van der Waals surface area contributed by atoms with Gasteiger partial charge >= 0.3 is 0 Å². The number of rotatable bonds is 8. The predicted molar refractivity (Wildman–Crippen MR) is 85.1 cm³/mol. The zero-order chi connectivity index (χ0) is 14.9. The quantitative estimate of drug-likeness (QED) is 0.744. The molecule has 5 nitrogen and oxygen atoms in total. The van der Waals surface area contributed by atoms with Crippen LogP contribution in [0.15, 0.2) is 18.2 Å². The first-order chi connectivity index (χ1) is 10.3. The van der Waals surface area contributed by atoms with Crippen molar-refractivity contribution in [2.75, 3.05) is 44.9 Å². The number of ether oxygens (including phenoxy) is 2. The lowest BCUT2D eigenvalue weighted by Crippen LogP contribution is -2.46. The summed E-state index contributed by atoms with van der Waals surface area (Å²) in [7, 11) is 1.73. The number of hydrogen-bond acceptors (Lipinski definition) is 5. The average Bonchev–Trinajstić information content (AvgIpc) is 2.53. The third-order valence-corrected chi connectivity index (χ3v) is 3.79. The highest BCUT2D eigenvalue weighted by atomic mass is 16.5. The Kier molecular flexibility index (Phi) is 6.76. The molecule has 1 aliphatic heterocycles. The molecule has 0 amide bonds. The smallest absolute Gasteiger partial charge is 0.215 e. The van der Waals surface area contributed by atoms with Crippen molar-refractivity contribution in [3.8, 4) is 5.88 Å². The van der Waals surface area contributed by atoms with Crippen LogP contribution in [0, 0.1) is 0 Å². The first-order valence-electron chi connectivity index (χ1n) is 7.91. The van der Waals surface area contributed by atoms with Crippen LogP contribution in [0.25, 0.3) is 0 Å². The number of aromatic nitrogens is 1. The molecule has 0 aliphatic carbocycles. The van der Waals surface area contributed by atoms with E-state index in [0.29, 0.717) is 18.5 Å². The van der Waals surface area contributed by atoms with Crippen LogP contribution >= 0.6 is 0 Å². The van der Waals surface area contributed by atoms with Gasteiger partial charge in [0.1, 0.15) is 5.82 Å². The summed E-state index contributed by atoms with van der Waals surface area (Å²) >= 11 is 0. The third kappa shape index (κ3) is 4.86. The molecule has 0 bridgehead atoms. The molecule has 2 rings (SSSR count). The van der Waals surface area contributed by atoms with E-state index in [1.807, 2.05) is 19.1 Å². The van der Waals surface area contributed by atoms with Gasteiger partial charge in [-0.1, -0.05) is 6.07 Å². The van der Waals surface area contributed by atoms with Crippen molar-refractivity contribution < 1.29 is 9.47 Å². The molecule has 1 atom stereocenters. The Hall–Kier alpha value is -1.33. The van der Waals surface area contributed by atoms with E-state index in [1.54, 1.807) is 7.11 Å². The molecule has 1 saturated heterocycles. The molecule has 5 heteroatoms. The van der Waals surface area contributed by atoms with Gasteiger partial charge < -0.3 is 19.7 Å². The summed E-state index contributed by atoms with van der Waals surface area (Å²) in [5.41, 5.74) is 0. The molecule has 1 aromatic heterocycles. The van der Waals surface area contributed by atoms with Gasteiger partial charge in [0.15, 0.2) is 0 Å². The number of methoxy groups -OCH3 is 1. The fourth-order valence-electron chi connectivity index (χ4n) is 2.75. The number of anilines is 1. The van der Waals surface area contributed by atoms with Crippen LogP contribution in [-0.4, -0.2) is 51.0 Å². The highest BCUT2D eigenvalue weighted by Gasteiger charge is 2.23. The number of pyridine rings is 1. The van der Waals surface area contributed by atoms with E-state index in [2.05, 4.69) is 21.3 Å². The Morgan fingerprint density at radius 2 is 2.29 bits per heavy atom. The second-order valence-corrected chi connectivity index (χ2v) is 5.31. The summed E-state index contributed by atoms with van der Waals surface area (Å²) in [5, 5.41) is 3.47. The Morgan fingerprint density at radius 3 is 3.10 bits per heavy atom.